The second-order valence-corrected chi connectivity index (χ2v) is 28.1. The van der Waals surface area contributed by atoms with Gasteiger partial charge in [-0.05, 0) is 0 Å². The van der Waals surface area contributed by atoms with Crippen LogP contribution in [0.2, 0.25) is 0 Å². The van der Waals surface area contributed by atoms with Crippen molar-refractivity contribution in [2.24, 2.45) is 5.92 Å². The maximum absolute atomic E-state index is 14.0. The predicted molar refractivity (Wildman–Crippen MR) is 177 cm³/mol. The first-order valence-electron chi connectivity index (χ1n) is 15.4. The molecule has 6 rings (SSSR count). The summed E-state index contributed by atoms with van der Waals surface area (Å²) in [5.41, 5.74) is 3.15. The van der Waals surface area contributed by atoms with Gasteiger partial charge < -0.3 is 0 Å². The van der Waals surface area contributed by atoms with Gasteiger partial charge in [-0.15, -0.1) is 0 Å². The molecule has 0 fully saturated rings. The van der Waals surface area contributed by atoms with Crippen molar-refractivity contribution in [1.82, 2.24) is 0 Å². The normalized spacial score (nSPS) is 17.1. The molecule has 4 aromatic rings. The van der Waals surface area contributed by atoms with Crippen molar-refractivity contribution in [3.05, 3.63) is 106 Å². The van der Waals surface area contributed by atoms with E-state index >= 15 is 0 Å². The Morgan fingerprint density at radius 2 is 1.48 bits per heavy atom. The molecule has 1 aliphatic carbocycles. The quantitative estimate of drug-likeness (QED) is 0.114. The number of alkyl halides is 6. The van der Waals surface area contributed by atoms with Crippen LogP contribution in [0.15, 0.2) is 78.4 Å². The predicted octanol–water partition coefficient (Wildman–Crippen LogP) is 9.71. The molecule has 0 amide bonds. The Balaban J connectivity index is 1.60. The molecule has 1 aliphatic heterocycles. The third-order valence-electron chi connectivity index (χ3n) is 9.47. The van der Waals surface area contributed by atoms with Crippen molar-refractivity contribution < 1.29 is 44.2 Å². The Labute approximate surface area is 279 Å². The molecule has 0 aromatic heterocycles. The SMILES string of the molecule is CCCc1ccc2c(c1-c1cc(C(F)(F)F)cc(C(F)(F)F)c1)C=C(C(C)CC)[CH]2[Zr]([Cl])([Cl])[c]1cccc2c1[SiH2]c1ccccc1-2. The molecule has 0 bridgehead atoms. The molecule has 0 nitrogen and oxygen atoms in total. The Morgan fingerprint density at radius 3 is 2.11 bits per heavy atom. The van der Waals surface area contributed by atoms with Crippen LogP contribution in [0, 0.1) is 5.92 Å². The van der Waals surface area contributed by atoms with Crippen LogP contribution in [-0.2, 0) is 36.7 Å². The minimum absolute atomic E-state index is 0.0481. The summed E-state index contributed by atoms with van der Waals surface area (Å²) in [5.74, 6) is 0.0481. The molecule has 10 heteroatoms. The van der Waals surface area contributed by atoms with Gasteiger partial charge in [-0.1, -0.05) is 0 Å². The van der Waals surface area contributed by atoms with Gasteiger partial charge in [-0.3, -0.25) is 0 Å². The summed E-state index contributed by atoms with van der Waals surface area (Å²) < 4.78 is 84.7. The summed E-state index contributed by atoms with van der Waals surface area (Å²) in [5, 5.41) is 2.58. The number of aryl methyl sites for hydroxylation is 1. The van der Waals surface area contributed by atoms with Gasteiger partial charge in [0.1, 0.15) is 0 Å². The van der Waals surface area contributed by atoms with Crippen molar-refractivity contribution in [2.45, 2.75) is 56.0 Å². The third kappa shape index (κ3) is 5.90. The minimum atomic E-state index is -4.95. The van der Waals surface area contributed by atoms with Gasteiger partial charge in [-0.2, -0.15) is 0 Å². The zero-order valence-corrected chi connectivity index (χ0v) is 30.9. The van der Waals surface area contributed by atoms with Crippen molar-refractivity contribution in [3.63, 3.8) is 0 Å². The molecule has 0 N–H and O–H groups in total. The van der Waals surface area contributed by atoms with E-state index in [0.29, 0.717) is 29.5 Å². The van der Waals surface area contributed by atoms with E-state index in [0.717, 1.165) is 38.5 Å². The van der Waals surface area contributed by atoms with E-state index in [1.807, 2.05) is 43.3 Å². The van der Waals surface area contributed by atoms with Gasteiger partial charge in [-0.25, -0.2) is 0 Å². The number of benzene rings is 4. The number of fused-ring (bicyclic) bond motifs is 4. The second-order valence-electron chi connectivity index (χ2n) is 12.3. The van der Waals surface area contributed by atoms with Crippen molar-refractivity contribution in [1.29, 1.82) is 0 Å². The number of hydrogen-bond acceptors (Lipinski definition) is 0. The molecule has 2 aliphatic rings. The van der Waals surface area contributed by atoms with Crippen molar-refractivity contribution in [3.8, 4) is 22.3 Å². The van der Waals surface area contributed by atoms with Crippen LogP contribution < -0.4 is 13.6 Å². The zero-order valence-electron chi connectivity index (χ0n) is 25.5. The molecule has 2 unspecified atom stereocenters. The Hall–Kier alpha value is -2.12. The van der Waals surface area contributed by atoms with Gasteiger partial charge in [0.2, 0.25) is 0 Å². The number of allylic oxidation sites excluding steroid dienone is 1. The van der Waals surface area contributed by atoms with Gasteiger partial charge in [0.05, 0.1) is 0 Å². The summed E-state index contributed by atoms with van der Waals surface area (Å²) in [4.78, 5) is 0. The first-order valence-corrected chi connectivity index (χ1v) is 25.8. The number of halogens is 8. The van der Waals surface area contributed by atoms with Gasteiger partial charge in [0.25, 0.3) is 0 Å². The van der Waals surface area contributed by atoms with Crippen LogP contribution in [0.1, 0.15) is 65.1 Å². The number of hydrogen-bond donors (Lipinski definition) is 0. The van der Waals surface area contributed by atoms with E-state index in [-0.39, 0.29) is 21.2 Å². The van der Waals surface area contributed by atoms with E-state index in [1.165, 1.54) is 15.9 Å². The fourth-order valence-corrected chi connectivity index (χ4v) is 24.1. The summed E-state index contributed by atoms with van der Waals surface area (Å²) in [6.07, 6.45) is -6.00. The first kappa shape index (κ1) is 33.8. The second kappa shape index (κ2) is 12.4. The molecule has 0 saturated carbocycles. The fourth-order valence-electron chi connectivity index (χ4n) is 7.13. The van der Waals surface area contributed by atoms with Crippen LogP contribution in [0.4, 0.5) is 26.3 Å². The first-order chi connectivity index (χ1) is 21.7. The van der Waals surface area contributed by atoms with Gasteiger partial charge in [0.15, 0.2) is 0 Å². The molecule has 1 heterocycles. The number of rotatable bonds is 7. The molecule has 2 atom stereocenters. The van der Waals surface area contributed by atoms with Crippen LogP contribution in [0.25, 0.3) is 28.3 Å². The topological polar surface area (TPSA) is 0 Å². The molecule has 46 heavy (non-hydrogen) atoms. The van der Waals surface area contributed by atoms with Crippen LogP contribution in [-0.4, -0.2) is 9.52 Å². The standard InChI is InChI=1S/C24H23F6.C12H9Si.2ClH.Zr/c1-4-6-15-7-8-16-9-17(14(3)5-2)12-21(16)22(15)18-10-19(23(25,26)27)13-20(11-18)24(28,29)30;1-3-7-11-9(5-1)10-6-2-4-8-12(10)13-11;;;/h7-14H,4-6H2,1-3H3;1-7H,13H2;2*1H;/q;;;;+2/p-2. The average molecular weight is 769 g/mol. The third-order valence-corrected chi connectivity index (χ3v) is 23.7. The molecule has 240 valence electrons. The van der Waals surface area contributed by atoms with Crippen LogP contribution >= 0.6 is 17.0 Å². The maximum atomic E-state index is 14.0. The molecule has 0 saturated heterocycles. The van der Waals surface area contributed by atoms with E-state index in [2.05, 4.69) is 38.1 Å². The summed E-state index contributed by atoms with van der Waals surface area (Å²) in [6.45, 7) is 6.07. The average Bonchev–Trinajstić information content (AvgIpc) is 3.59. The van der Waals surface area contributed by atoms with Gasteiger partial charge >= 0.3 is 281 Å². The zero-order chi connectivity index (χ0) is 33.2. The van der Waals surface area contributed by atoms with E-state index in [4.69, 9.17) is 17.0 Å². The summed E-state index contributed by atoms with van der Waals surface area (Å²) >= 11 is -4.44. The Bertz CT molecular complexity index is 1830. The summed E-state index contributed by atoms with van der Waals surface area (Å²) in [6, 6.07) is 20.2. The monoisotopic (exact) mass is 766 g/mol. The van der Waals surface area contributed by atoms with Crippen molar-refractivity contribution >= 4 is 46.3 Å². The molecule has 4 aromatic carbocycles. The van der Waals surface area contributed by atoms with E-state index < -0.39 is 50.9 Å². The Kier molecular flexibility index (Phi) is 9.10. The van der Waals surface area contributed by atoms with E-state index in [9.17, 15) is 26.3 Å². The molecular formula is C36H32Cl2F6SiZr. The van der Waals surface area contributed by atoms with Crippen LogP contribution in [0.5, 0.6) is 0 Å². The molecule has 0 spiro atoms. The van der Waals surface area contributed by atoms with E-state index in [1.54, 1.807) is 0 Å². The molecule has 0 radical (unpaired) electrons. The fraction of sp³-hybridized carbons (Fsp3) is 0.278. The van der Waals surface area contributed by atoms with Crippen molar-refractivity contribution in [2.75, 3.05) is 0 Å². The van der Waals surface area contributed by atoms with Gasteiger partial charge in [0, 0.05) is 0 Å². The van der Waals surface area contributed by atoms with Crippen LogP contribution in [0.3, 0.4) is 0 Å². The summed E-state index contributed by atoms with van der Waals surface area (Å²) in [7, 11) is 14.6. The Morgan fingerprint density at radius 1 is 0.826 bits per heavy atom. The molecular weight excluding hydrogens is 737 g/mol.